The van der Waals surface area contributed by atoms with Gasteiger partial charge in [0.05, 0.1) is 33.1 Å². The molecule has 2 aromatic carbocycles. The first-order chi connectivity index (χ1) is 14.5. The average Bonchev–Trinajstić information content (AvgIpc) is 3.31. The minimum absolute atomic E-state index is 0.350. The molecule has 30 heavy (non-hydrogen) atoms. The summed E-state index contributed by atoms with van der Waals surface area (Å²) in [5, 5.41) is 4.54. The van der Waals surface area contributed by atoms with Gasteiger partial charge in [-0.2, -0.15) is 13.2 Å². The highest BCUT2D eigenvalue weighted by molar-refractivity contribution is 7.22. The maximum atomic E-state index is 12.9. The molecular weight excluding hydrogens is 409 g/mol. The lowest BCUT2D eigenvalue weighted by atomic mass is 9.96. The zero-order valence-electron chi connectivity index (χ0n) is 16.2. The summed E-state index contributed by atoms with van der Waals surface area (Å²) in [5.41, 5.74) is 2.39. The van der Waals surface area contributed by atoms with Crippen molar-refractivity contribution < 1.29 is 13.2 Å². The van der Waals surface area contributed by atoms with Crippen LogP contribution in [0.4, 0.5) is 18.3 Å². The fourth-order valence-corrected chi connectivity index (χ4v) is 5.12. The molecule has 2 aromatic heterocycles. The number of hydrogen-bond donors (Lipinski definition) is 1. The van der Waals surface area contributed by atoms with Gasteiger partial charge in [-0.3, -0.25) is 0 Å². The Morgan fingerprint density at radius 3 is 2.67 bits per heavy atom. The third-order valence-electron chi connectivity index (χ3n) is 5.69. The zero-order chi connectivity index (χ0) is 20.7. The lowest BCUT2D eigenvalue weighted by Crippen LogP contribution is -2.21. The number of halogens is 3. The number of rotatable bonds is 4. The number of fused-ring (bicyclic) bond motifs is 2. The van der Waals surface area contributed by atoms with Crippen LogP contribution in [0.3, 0.4) is 0 Å². The lowest BCUT2D eigenvalue weighted by molar-refractivity contribution is -0.137. The van der Waals surface area contributed by atoms with Crippen molar-refractivity contribution >= 4 is 37.7 Å². The van der Waals surface area contributed by atoms with Crippen LogP contribution in [-0.2, 0) is 12.7 Å². The number of anilines is 1. The summed E-state index contributed by atoms with van der Waals surface area (Å²) in [6.07, 6.45) is 3.50. The summed E-state index contributed by atoms with van der Waals surface area (Å²) in [6, 6.07) is 10.3. The Morgan fingerprint density at radius 1 is 1.03 bits per heavy atom. The summed E-state index contributed by atoms with van der Waals surface area (Å²) < 4.78 is 41.7. The molecule has 4 aromatic rings. The maximum absolute atomic E-state index is 12.9. The molecule has 1 aliphatic rings. The van der Waals surface area contributed by atoms with E-state index in [0.717, 1.165) is 33.0 Å². The first-order valence-electron chi connectivity index (χ1n) is 10.1. The van der Waals surface area contributed by atoms with Crippen molar-refractivity contribution in [2.45, 2.75) is 50.9 Å². The van der Waals surface area contributed by atoms with Crippen LogP contribution in [0.5, 0.6) is 0 Å². The fourth-order valence-electron chi connectivity index (χ4n) is 4.11. The van der Waals surface area contributed by atoms with E-state index in [9.17, 15) is 13.2 Å². The molecule has 4 nitrogen and oxygen atoms in total. The van der Waals surface area contributed by atoms with Crippen LogP contribution in [0.15, 0.2) is 42.7 Å². The standard InChI is InChI=1S/C22H21F3N4S/c23-22(24,25)15-7-9-19-18(11-15)26-13-29(19)12-14-6-8-17-20(10-14)30-21(28-17)27-16-4-2-1-3-5-16/h6-11,13,16H,1-5,12H2,(H,27,28). The van der Waals surface area contributed by atoms with Crippen LogP contribution in [0.25, 0.3) is 21.3 Å². The van der Waals surface area contributed by atoms with Gasteiger partial charge in [0.2, 0.25) is 0 Å². The Bertz CT molecular complexity index is 1190. The molecule has 0 spiro atoms. The number of thiazole rings is 1. The van der Waals surface area contributed by atoms with Crippen LogP contribution in [-0.4, -0.2) is 20.6 Å². The Labute approximate surface area is 175 Å². The Hall–Kier alpha value is -2.61. The van der Waals surface area contributed by atoms with Gasteiger partial charge < -0.3 is 9.88 Å². The van der Waals surface area contributed by atoms with Crippen LogP contribution >= 0.6 is 11.3 Å². The Kier molecular flexibility index (Phi) is 4.89. The zero-order valence-corrected chi connectivity index (χ0v) is 17.1. The van der Waals surface area contributed by atoms with E-state index in [-0.39, 0.29) is 0 Å². The van der Waals surface area contributed by atoms with Gasteiger partial charge in [0.25, 0.3) is 0 Å². The molecule has 0 bridgehead atoms. The summed E-state index contributed by atoms with van der Waals surface area (Å²) >= 11 is 1.65. The van der Waals surface area contributed by atoms with Crippen LogP contribution in [0.1, 0.15) is 43.2 Å². The molecule has 2 heterocycles. The number of imidazole rings is 1. The van der Waals surface area contributed by atoms with Gasteiger partial charge in [-0.25, -0.2) is 9.97 Å². The molecule has 0 amide bonds. The predicted molar refractivity (Wildman–Crippen MR) is 114 cm³/mol. The minimum Gasteiger partial charge on any atom is -0.359 e. The highest BCUT2D eigenvalue weighted by Crippen LogP contribution is 2.32. The van der Waals surface area contributed by atoms with E-state index in [1.54, 1.807) is 17.7 Å². The van der Waals surface area contributed by atoms with E-state index >= 15 is 0 Å². The predicted octanol–water partition coefficient (Wildman–Crippen LogP) is 6.46. The first-order valence-corrected chi connectivity index (χ1v) is 11.0. The minimum atomic E-state index is -4.36. The van der Waals surface area contributed by atoms with E-state index in [0.29, 0.717) is 23.6 Å². The van der Waals surface area contributed by atoms with Gasteiger partial charge >= 0.3 is 6.18 Å². The van der Waals surface area contributed by atoms with E-state index in [1.165, 1.54) is 38.2 Å². The molecule has 1 saturated carbocycles. The topological polar surface area (TPSA) is 42.7 Å². The number of alkyl halides is 3. The van der Waals surface area contributed by atoms with E-state index in [1.807, 2.05) is 16.7 Å². The van der Waals surface area contributed by atoms with Gasteiger partial charge in [-0.1, -0.05) is 36.7 Å². The van der Waals surface area contributed by atoms with Gasteiger partial charge in [0, 0.05) is 12.6 Å². The largest absolute Gasteiger partial charge is 0.416 e. The summed E-state index contributed by atoms with van der Waals surface area (Å²) in [4.78, 5) is 8.87. The summed E-state index contributed by atoms with van der Waals surface area (Å²) in [7, 11) is 0. The van der Waals surface area contributed by atoms with Gasteiger partial charge in [0.1, 0.15) is 0 Å². The number of hydrogen-bond acceptors (Lipinski definition) is 4. The van der Waals surface area contributed by atoms with Crippen molar-refractivity contribution in [3.8, 4) is 0 Å². The quantitative estimate of drug-likeness (QED) is 0.404. The molecule has 8 heteroatoms. The smallest absolute Gasteiger partial charge is 0.359 e. The fraction of sp³-hybridized carbons (Fsp3) is 0.364. The van der Waals surface area contributed by atoms with Crippen LogP contribution < -0.4 is 5.32 Å². The molecule has 1 fully saturated rings. The van der Waals surface area contributed by atoms with Crippen molar-refractivity contribution in [3.63, 3.8) is 0 Å². The van der Waals surface area contributed by atoms with Crippen molar-refractivity contribution in [1.82, 2.24) is 14.5 Å². The first kappa shape index (κ1) is 19.4. The summed E-state index contributed by atoms with van der Waals surface area (Å²) in [5.74, 6) is 0. The van der Waals surface area contributed by atoms with E-state index in [2.05, 4.69) is 16.4 Å². The Balaban J connectivity index is 1.37. The van der Waals surface area contributed by atoms with Crippen molar-refractivity contribution in [2.24, 2.45) is 0 Å². The molecule has 0 aliphatic heterocycles. The number of benzene rings is 2. The highest BCUT2D eigenvalue weighted by Gasteiger charge is 2.30. The lowest BCUT2D eigenvalue weighted by Gasteiger charge is -2.22. The van der Waals surface area contributed by atoms with E-state index in [4.69, 9.17) is 4.98 Å². The maximum Gasteiger partial charge on any atom is 0.416 e. The highest BCUT2D eigenvalue weighted by atomic mass is 32.1. The monoisotopic (exact) mass is 430 g/mol. The number of nitrogens with one attached hydrogen (secondary N) is 1. The van der Waals surface area contributed by atoms with Crippen LogP contribution in [0, 0.1) is 0 Å². The molecule has 1 N–H and O–H groups in total. The Morgan fingerprint density at radius 2 is 1.87 bits per heavy atom. The third-order valence-corrected chi connectivity index (χ3v) is 6.64. The second-order valence-corrected chi connectivity index (χ2v) is 8.90. The van der Waals surface area contributed by atoms with Gasteiger partial charge in [-0.15, -0.1) is 0 Å². The summed E-state index contributed by atoms with van der Waals surface area (Å²) in [6.45, 7) is 0.543. The van der Waals surface area contributed by atoms with Crippen molar-refractivity contribution in [3.05, 3.63) is 53.9 Å². The van der Waals surface area contributed by atoms with Crippen molar-refractivity contribution in [1.29, 1.82) is 0 Å². The average molecular weight is 430 g/mol. The molecule has 1 aliphatic carbocycles. The number of aromatic nitrogens is 3. The molecule has 0 radical (unpaired) electrons. The van der Waals surface area contributed by atoms with Gasteiger partial charge in [-0.05, 0) is 48.7 Å². The van der Waals surface area contributed by atoms with E-state index < -0.39 is 11.7 Å². The molecule has 156 valence electrons. The molecule has 5 rings (SSSR count). The molecule has 0 saturated heterocycles. The normalized spacial score (nSPS) is 15.8. The van der Waals surface area contributed by atoms with Crippen LogP contribution in [0.2, 0.25) is 0 Å². The SMILES string of the molecule is FC(F)(F)c1ccc2c(c1)ncn2Cc1ccc2nc(NC3CCCCC3)sc2c1. The molecular formula is C22H21F3N4S. The van der Waals surface area contributed by atoms with Gasteiger partial charge in [0.15, 0.2) is 5.13 Å². The molecule has 0 unspecified atom stereocenters. The third kappa shape index (κ3) is 3.88. The second-order valence-electron chi connectivity index (χ2n) is 7.87. The number of nitrogens with zero attached hydrogens (tertiary/aromatic N) is 3. The molecule has 0 atom stereocenters. The second kappa shape index (κ2) is 7.58. The van der Waals surface area contributed by atoms with Crippen molar-refractivity contribution in [2.75, 3.05) is 5.32 Å².